The number of thioether (sulfide) groups is 1. The quantitative estimate of drug-likeness (QED) is 0.719. The average molecular weight is 281 g/mol. The topological polar surface area (TPSA) is 20.3 Å². The van der Waals surface area contributed by atoms with Crippen molar-refractivity contribution in [2.75, 3.05) is 18.8 Å². The molecule has 0 saturated heterocycles. The zero-order valence-electron chi connectivity index (χ0n) is 10.3. The van der Waals surface area contributed by atoms with Crippen LogP contribution in [0.25, 0.3) is 0 Å². The molecule has 0 aliphatic rings. The number of rotatable bonds is 5. The Kier molecular flexibility index (Phi) is 11.3. The van der Waals surface area contributed by atoms with E-state index < -0.39 is 0 Å². The van der Waals surface area contributed by atoms with Crippen LogP contribution in [-0.4, -0.2) is 29.0 Å². The van der Waals surface area contributed by atoms with E-state index in [1.807, 2.05) is 11.8 Å². The molecule has 15 heavy (non-hydrogen) atoms. The summed E-state index contributed by atoms with van der Waals surface area (Å²) in [5.74, 6) is 1.97. The molecule has 0 spiro atoms. The van der Waals surface area contributed by atoms with Gasteiger partial charge in [-0.05, 0) is 17.6 Å². The second-order valence-corrected chi connectivity index (χ2v) is 5.61. The van der Waals surface area contributed by atoms with Crippen LogP contribution in [-0.2, 0) is 17.1 Å². The van der Waals surface area contributed by atoms with Crippen molar-refractivity contribution in [2.24, 2.45) is 11.8 Å². The van der Waals surface area contributed by atoms with Crippen LogP contribution < -0.4 is 0 Å². The molecule has 0 unspecified atom stereocenters. The van der Waals surface area contributed by atoms with Gasteiger partial charge in [0.2, 0.25) is 0 Å². The van der Waals surface area contributed by atoms with Crippen molar-refractivity contribution in [3.05, 3.63) is 0 Å². The normalized spacial score (nSPS) is 10.3. The zero-order valence-corrected chi connectivity index (χ0v) is 12.1. The summed E-state index contributed by atoms with van der Waals surface area (Å²) in [6.07, 6.45) is 0. The maximum Gasteiger partial charge on any atom is 0.281 e. The van der Waals surface area contributed by atoms with Gasteiger partial charge in [0.25, 0.3) is 5.24 Å². The monoisotopic (exact) mass is 280 g/mol. The van der Waals surface area contributed by atoms with E-state index in [1.54, 1.807) is 0 Å². The van der Waals surface area contributed by atoms with Gasteiger partial charge < -0.3 is 4.90 Å². The first-order valence-corrected chi connectivity index (χ1v) is 6.37. The summed E-state index contributed by atoms with van der Waals surface area (Å²) in [7, 11) is 0. The minimum absolute atomic E-state index is 0. The molecule has 0 fully saturated rings. The number of hydrogen-bond acceptors (Lipinski definition) is 2. The molecule has 2 nitrogen and oxygen atoms in total. The van der Waals surface area contributed by atoms with Gasteiger partial charge in [-0.2, -0.15) is 0 Å². The van der Waals surface area contributed by atoms with Crippen molar-refractivity contribution >= 4 is 17.0 Å². The first kappa shape index (κ1) is 17.7. The molecule has 4 heteroatoms. The standard InChI is InChI=1S/C11H23NOS.Cu/c1-6-14-11(13)12(7-9(2)3)8-10(4)5;/h9-10H,6-8H2,1-5H3;. The third-order valence-corrected chi connectivity index (χ3v) is 2.49. The fourth-order valence-corrected chi connectivity index (χ4v) is 1.90. The fourth-order valence-electron chi connectivity index (χ4n) is 1.32. The second-order valence-electron chi connectivity index (χ2n) is 4.39. The van der Waals surface area contributed by atoms with Crippen LogP contribution in [0.15, 0.2) is 0 Å². The maximum atomic E-state index is 11.7. The number of carbonyl (C=O) groups excluding carboxylic acids is 1. The largest absolute Gasteiger partial charge is 0.333 e. The summed E-state index contributed by atoms with van der Waals surface area (Å²) in [5, 5.41) is 0.231. The van der Waals surface area contributed by atoms with Crippen LogP contribution in [0.5, 0.6) is 0 Å². The van der Waals surface area contributed by atoms with E-state index in [-0.39, 0.29) is 22.3 Å². The zero-order chi connectivity index (χ0) is 11.1. The van der Waals surface area contributed by atoms with Crippen molar-refractivity contribution < 1.29 is 21.9 Å². The Morgan fingerprint density at radius 1 is 1.13 bits per heavy atom. The number of nitrogens with zero attached hydrogens (tertiary/aromatic N) is 1. The Bertz CT molecular complexity index is 164. The summed E-state index contributed by atoms with van der Waals surface area (Å²) in [4.78, 5) is 13.7. The molecular formula is C11H23CuNOS. The van der Waals surface area contributed by atoms with Crippen LogP contribution in [0.3, 0.4) is 0 Å². The first-order valence-electron chi connectivity index (χ1n) is 5.39. The van der Waals surface area contributed by atoms with Gasteiger partial charge in [0.05, 0.1) is 0 Å². The minimum atomic E-state index is 0. The van der Waals surface area contributed by atoms with E-state index in [9.17, 15) is 4.79 Å². The predicted molar refractivity (Wildman–Crippen MR) is 64.8 cm³/mol. The Labute approximate surface area is 109 Å². The van der Waals surface area contributed by atoms with Gasteiger partial charge in [0.15, 0.2) is 0 Å². The van der Waals surface area contributed by atoms with E-state index in [2.05, 4.69) is 27.7 Å². The van der Waals surface area contributed by atoms with Crippen molar-refractivity contribution in [3.8, 4) is 0 Å². The number of hydrogen-bond donors (Lipinski definition) is 0. The Hall–Kier alpha value is 0.339. The van der Waals surface area contributed by atoms with Gasteiger partial charge in [-0.15, -0.1) is 0 Å². The SMILES string of the molecule is CCSC(=O)N(CC(C)C)CC(C)C.[Cu]. The summed E-state index contributed by atoms with van der Waals surface area (Å²) in [5.41, 5.74) is 0. The number of amides is 1. The molecule has 1 amide bonds. The molecule has 0 aliphatic heterocycles. The smallest absolute Gasteiger partial charge is 0.281 e. The molecule has 0 aromatic heterocycles. The molecule has 0 heterocycles. The van der Waals surface area contributed by atoms with E-state index in [4.69, 9.17) is 0 Å². The Morgan fingerprint density at radius 3 is 1.80 bits per heavy atom. The minimum Gasteiger partial charge on any atom is -0.333 e. The molecule has 0 aromatic carbocycles. The Balaban J connectivity index is 0. The molecule has 1 radical (unpaired) electrons. The second kappa shape index (κ2) is 9.56. The molecule has 0 N–H and O–H groups in total. The summed E-state index contributed by atoms with van der Waals surface area (Å²) < 4.78 is 0. The molecule has 0 atom stereocenters. The predicted octanol–water partition coefficient (Wildman–Crippen LogP) is 3.47. The molecule has 0 aliphatic carbocycles. The van der Waals surface area contributed by atoms with Gasteiger partial charge in [0.1, 0.15) is 0 Å². The first-order chi connectivity index (χ1) is 6.47. The van der Waals surface area contributed by atoms with Crippen LogP contribution >= 0.6 is 11.8 Å². The third kappa shape index (κ3) is 9.28. The molecule has 0 bridgehead atoms. The van der Waals surface area contributed by atoms with E-state index >= 15 is 0 Å². The fraction of sp³-hybridized carbons (Fsp3) is 0.909. The van der Waals surface area contributed by atoms with Gasteiger partial charge in [0, 0.05) is 30.2 Å². The molecule has 0 aromatic rings. The number of carbonyl (C=O) groups is 1. The Morgan fingerprint density at radius 2 is 1.53 bits per heavy atom. The van der Waals surface area contributed by atoms with Crippen molar-refractivity contribution in [1.29, 1.82) is 0 Å². The van der Waals surface area contributed by atoms with Crippen LogP contribution in [0.4, 0.5) is 4.79 Å². The molecule has 0 rings (SSSR count). The molecule has 95 valence electrons. The van der Waals surface area contributed by atoms with Crippen molar-refractivity contribution in [3.63, 3.8) is 0 Å². The van der Waals surface area contributed by atoms with Gasteiger partial charge in [-0.1, -0.05) is 46.4 Å². The average Bonchev–Trinajstić information content (AvgIpc) is 2.01. The maximum absolute atomic E-state index is 11.7. The van der Waals surface area contributed by atoms with Crippen molar-refractivity contribution in [2.45, 2.75) is 34.6 Å². The summed E-state index contributed by atoms with van der Waals surface area (Å²) in [6.45, 7) is 12.4. The molecular weight excluding hydrogens is 258 g/mol. The summed E-state index contributed by atoms with van der Waals surface area (Å²) >= 11 is 1.41. The van der Waals surface area contributed by atoms with Gasteiger partial charge >= 0.3 is 0 Å². The van der Waals surface area contributed by atoms with Gasteiger partial charge in [-0.3, -0.25) is 4.79 Å². The van der Waals surface area contributed by atoms with E-state index in [0.717, 1.165) is 18.8 Å². The summed E-state index contributed by atoms with van der Waals surface area (Å²) in [6, 6.07) is 0. The third-order valence-electron chi connectivity index (χ3n) is 1.70. The van der Waals surface area contributed by atoms with Crippen molar-refractivity contribution in [1.82, 2.24) is 4.90 Å². The van der Waals surface area contributed by atoms with E-state index in [1.165, 1.54) is 11.8 Å². The van der Waals surface area contributed by atoms with Crippen LogP contribution in [0, 0.1) is 11.8 Å². The molecule has 0 saturated carbocycles. The van der Waals surface area contributed by atoms with E-state index in [0.29, 0.717) is 11.8 Å². The van der Waals surface area contributed by atoms with Gasteiger partial charge in [-0.25, -0.2) is 0 Å². The van der Waals surface area contributed by atoms with Crippen LogP contribution in [0.2, 0.25) is 0 Å². The van der Waals surface area contributed by atoms with Crippen LogP contribution in [0.1, 0.15) is 34.6 Å².